The first-order chi connectivity index (χ1) is 17.5. The smallest absolute Gasteiger partial charge is 0.337 e. The van der Waals surface area contributed by atoms with Gasteiger partial charge in [0.25, 0.3) is 5.91 Å². The van der Waals surface area contributed by atoms with Gasteiger partial charge in [-0.1, -0.05) is 55.7 Å². The molecule has 4 rings (SSSR count). The van der Waals surface area contributed by atoms with Gasteiger partial charge in [0, 0.05) is 25.4 Å². The van der Waals surface area contributed by atoms with E-state index in [1.165, 1.54) is 13.5 Å². The summed E-state index contributed by atoms with van der Waals surface area (Å²) in [4.78, 5) is 27.1. The molecule has 0 spiro atoms. The summed E-state index contributed by atoms with van der Waals surface area (Å²) in [7, 11) is 3.22. The van der Waals surface area contributed by atoms with Crippen molar-refractivity contribution in [2.45, 2.75) is 70.0 Å². The number of likely N-dealkylation sites (N-methyl/N-ethyl adjacent to an activating group) is 1. The number of aliphatic hydroxyl groups is 1. The van der Waals surface area contributed by atoms with E-state index in [-0.39, 0.29) is 30.4 Å². The number of amides is 1. The van der Waals surface area contributed by atoms with Crippen LogP contribution in [-0.4, -0.2) is 48.4 Å². The molecule has 1 N–H and O–H groups in total. The number of hydrogen-bond donors (Lipinski definition) is 1. The van der Waals surface area contributed by atoms with Crippen LogP contribution in [-0.2, 0) is 32.2 Å². The molecule has 7 heteroatoms. The third kappa shape index (κ3) is 6.33. The average Bonchev–Trinajstić information content (AvgIpc) is 2.95. The second-order valence-electron chi connectivity index (χ2n) is 9.53. The van der Waals surface area contributed by atoms with E-state index in [9.17, 15) is 14.7 Å². The van der Waals surface area contributed by atoms with Crippen molar-refractivity contribution in [3.05, 3.63) is 82.6 Å². The molecule has 1 aliphatic heterocycles. The predicted molar refractivity (Wildman–Crippen MR) is 135 cm³/mol. The molecule has 2 aromatic carbocycles. The summed E-state index contributed by atoms with van der Waals surface area (Å²) in [6.45, 7) is 0.318. The Hall–Kier alpha value is -3.16. The van der Waals surface area contributed by atoms with Crippen LogP contribution in [0.3, 0.4) is 0 Å². The highest BCUT2D eigenvalue weighted by molar-refractivity contribution is 5.92. The maximum Gasteiger partial charge on any atom is 0.337 e. The summed E-state index contributed by atoms with van der Waals surface area (Å²) in [6, 6.07) is 15.0. The van der Waals surface area contributed by atoms with E-state index in [4.69, 9.17) is 14.2 Å². The minimum absolute atomic E-state index is 0.00585. The van der Waals surface area contributed by atoms with Gasteiger partial charge in [0.15, 0.2) is 5.76 Å². The molecule has 1 saturated carbocycles. The number of ether oxygens (including phenoxy) is 3. The van der Waals surface area contributed by atoms with Gasteiger partial charge >= 0.3 is 5.97 Å². The van der Waals surface area contributed by atoms with Crippen LogP contribution in [0.1, 0.15) is 71.5 Å². The van der Waals surface area contributed by atoms with Crippen molar-refractivity contribution in [1.82, 2.24) is 4.90 Å². The minimum atomic E-state index is -0.600. The van der Waals surface area contributed by atoms with Crippen LogP contribution in [0.4, 0.5) is 0 Å². The van der Waals surface area contributed by atoms with Gasteiger partial charge in [0.1, 0.15) is 0 Å². The van der Waals surface area contributed by atoms with E-state index in [1.807, 2.05) is 54.4 Å². The van der Waals surface area contributed by atoms with E-state index >= 15 is 0 Å². The highest BCUT2D eigenvalue weighted by Crippen LogP contribution is 2.33. The Balaban J connectivity index is 1.52. The minimum Gasteiger partial charge on any atom is -0.465 e. The molecule has 36 heavy (non-hydrogen) atoms. The van der Waals surface area contributed by atoms with E-state index in [2.05, 4.69) is 0 Å². The maximum absolute atomic E-state index is 13.4. The molecule has 2 aromatic rings. The molecule has 192 valence electrons. The fourth-order valence-corrected chi connectivity index (χ4v) is 4.87. The third-order valence-electron chi connectivity index (χ3n) is 7.11. The monoisotopic (exact) mass is 493 g/mol. The lowest BCUT2D eigenvalue weighted by molar-refractivity contribution is -0.156. The Morgan fingerprint density at radius 1 is 1.00 bits per heavy atom. The lowest BCUT2D eigenvalue weighted by atomic mass is 9.91. The molecule has 1 fully saturated rings. The van der Waals surface area contributed by atoms with Crippen molar-refractivity contribution >= 4 is 11.9 Å². The second-order valence-corrected chi connectivity index (χ2v) is 9.53. The molecule has 1 aliphatic carbocycles. The molecule has 2 atom stereocenters. The van der Waals surface area contributed by atoms with Gasteiger partial charge in [0.2, 0.25) is 6.29 Å². The van der Waals surface area contributed by atoms with Gasteiger partial charge < -0.3 is 24.2 Å². The summed E-state index contributed by atoms with van der Waals surface area (Å²) in [5.41, 5.74) is 3.24. The van der Waals surface area contributed by atoms with Crippen LogP contribution in [0, 0.1) is 0 Å². The van der Waals surface area contributed by atoms with Gasteiger partial charge in [-0.15, -0.1) is 0 Å². The zero-order valence-electron chi connectivity index (χ0n) is 21.0. The van der Waals surface area contributed by atoms with Gasteiger partial charge in [-0.05, 0) is 47.7 Å². The summed E-state index contributed by atoms with van der Waals surface area (Å²) in [5, 5.41) is 9.26. The first-order valence-electron chi connectivity index (χ1n) is 12.6. The number of esters is 1. The SMILES string of the molecule is COC(=O)c1ccc([C@@H]2C=C(C(=O)N(C)C3CCCCC3)O[C@H](OCc3ccc(CO)cc3)C2)cc1. The van der Waals surface area contributed by atoms with Crippen molar-refractivity contribution in [3.63, 3.8) is 0 Å². The fourth-order valence-electron chi connectivity index (χ4n) is 4.87. The highest BCUT2D eigenvalue weighted by atomic mass is 16.7. The third-order valence-corrected chi connectivity index (χ3v) is 7.11. The summed E-state index contributed by atoms with van der Waals surface area (Å²) in [6.07, 6.45) is 7.33. The van der Waals surface area contributed by atoms with Crippen molar-refractivity contribution in [2.24, 2.45) is 0 Å². The number of nitrogens with zero attached hydrogens (tertiary/aromatic N) is 1. The quantitative estimate of drug-likeness (QED) is 0.537. The molecule has 7 nitrogen and oxygen atoms in total. The van der Waals surface area contributed by atoms with Crippen molar-refractivity contribution < 1.29 is 28.9 Å². The van der Waals surface area contributed by atoms with E-state index in [0.29, 0.717) is 24.4 Å². The standard InChI is InChI=1S/C29H35NO6/c1-30(25-6-4-3-5-7-25)28(32)26-16-24(22-12-14-23(15-13-22)29(33)34-2)17-27(36-26)35-19-21-10-8-20(18-31)9-11-21/h8-16,24-25,27,31H,3-7,17-19H2,1-2H3/t24-,27+/m1/s1. The molecule has 1 heterocycles. The molecule has 0 radical (unpaired) electrons. The van der Waals surface area contributed by atoms with Crippen LogP contribution in [0.15, 0.2) is 60.4 Å². The zero-order valence-corrected chi connectivity index (χ0v) is 21.0. The van der Waals surface area contributed by atoms with Gasteiger partial charge in [-0.2, -0.15) is 0 Å². The first kappa shape index (κ1) is 25.9. The molecule has 0 aromatic heterocycles. The second kappa shape index (κ2) is 12.2. The predicted octanol–water partition coefficient (Wildman–Crippen LogP) is 4.69. The Bertz CT molecular complexity index is 1060. The number of aliphatic hydroxyl groups excluding tert-OH is 1. The normalized spacial score (nSPS) is 20.2. The van der Waals surface area contributed by atoms with Crippen molar-refractivity contribution in [2.75, 3.05) is 14.2 Å². The van der Waals surface area contributed by atoms with Crippen LogP contribution < -0.4 is 0 Å². The summed E-state index contributed by atoms with van der Waals surface area (Å²) < 4.78 is 17.0. The Morgan fingerprint density at radius 3 is 2.31 bits per heavy atom. The largest absolute Gasteiger partial charge is 0.465 e. The number of rotatable bonds is 8. The molecule has 2 aliphatic rings. The molecule has 0 unspecified atom stereocenters. The number of carbonyl (C=O) groups excluding carboxylic acids is 2. The van der Waals surface area contributed by atoms with E-state index in [0.717, 1.165) is 42.4 Å². The number of hydrogen-bond acceptors (Lipinski definition) is 6. The number of carbonyl (C=O) groups is 2. The van der Waals surface area contributed by atoms with Crippen LogP contribution in [0.25, 0.3) is 0 Å². The Morgan fingerprint density at radius 2 is 1.67 bits per heavy atom. The molecule has 1 amide bonds. The van der Waals surface area contributed by atoms with Crippen molar-refractivity contribution in [3.8, 4) is 0 Å². The van der Waals surface area contributed by atoms with E-state index in [1.54, 1.807) is 12.1 Å². The van der Waals surface area contributed by atoms with E-state index < -0.39 is 6.29 Å². The van der Waals surface area contributed by atoms with Crippen molar-refractivity contribution in [1.29, 1.82) is 0 Å². The van der Waals surface area contributed by atoms with Crippen LogP contribution in [0.5, 0.6) is 0 Å². The fraction of sp³-hybridized carbons (Fsp3) is 0.448. The Labute approximate surface area is 212 Å². The van der Waals surface area contributed by atoms with Gasteiger partial charge in [-0.25, -0.2) is 4.79 Å². The van der Waals surface area contributed by atoms with Crippen LogP contribution in [0.2, 0.25) is 0 Å². The number of methoxy groups -OCH3 is 1. The lowest BCUT2D eigenvalue weighted by Crippen LogP contribution is -2.41. The van der Waals surface area contributed by atoms with Crippen LogP contribution >= 0.6 is 0 Å². The van der Waals surface area contributed by atoms with Gasteiger partial charge in [0.05, 0.1) is 25.9 Å². The maximum atomic E-state index is 13.4. The first-order valence-corrected chi connectivity index (χ1v) is 12.6. The number of benzene rings is 2. The molecule has 0 bridgehead atoms. The lowest BCUT2D eigenvalue weighted by Gasteiger charge is -2.34. The molecular formula is C29H35NO6. The number of allylic oxidation sites excluding steroid dienone is 1. The highest BCUT2D eigenvalue weighted by Gasteiger charge is 2.32. The zero-order chi connectivity index (χ0) is 25.5. The summed E-state index contributed by atoms with van der Waals surface area (Å²) >= 11 is 0. The summed E-state index contributed by atoms with van der Waals surface area (Å²) in [5.74, 6) is -0.316. The molecular weight excluding hydrogens is 458 g/mol. The molecule has 0 saturated heterocycles. The Kier molecular flexibility index (Phi) is 8.78. The topological polar surface area (TPSA) is 85.3 Å². The average molecular weight is 494 g/mol. The van der Waals surface area contributed by atoms with Gasteiger partial charge in [-0.3, -0.25) is 4.79 Å².